The Labute approximate surface area is 148 Å². The largest absolute Gasteiger partial charge is 0.381 e. The number of thiazole rings is 1. The standard InChI is InChI=1S/C15H15ClN2O4S2/c16-12-4-2-1-3-11(12)15-17-7-13(23-15)14(19)18-24(20,21)9-10-5-6-22-8-10/h1-4,7,10H,5-6,8-9H2,(H,18,19)/t10-/m0/s1. The summed E-state index contributed by atoms with van der Waals surface area (Å²) in [5.41, 5.74) is 0.703. The van der Waals surface area contributed by atoms with Crippen molar-refractivity contribution < 1.29 is 17.9 Å². The Hall–Kier alpha value is -1.48. The molecule has 3 rings (SSSR count). The number of nitrogens with zero attached hydrogens (tertiary/aromatic N) is 1. The Morgan fingerprint density at radius 1 is 1.42 bits per heavy atom. The molecule has 0 spiro atoms. The molecule has 1 aromatic heterocycles. The topological polar surface area (TPSA) is 85.4 Å². The van der Waals surface area contributed by atoms with Gasteiger partial charge in [0.05, 0.1) is 23.6 Å². The zero-order valence-electron chi connectivity index (χ0n) is 12.6. The van der Waals surface area contributed by atoms with Crippen molar-refractivity contribution in [3.63, 3.8) is 0 Å². The molecule has 1 atom stereocenters. The number of carbonyl (C=O) groups is 1. The molecule has 9 heteroatoms. The maximum absolute atomic E-state index is 12.2. The van der Waals surface area contributed by atoms with E-state index in [1.807, 2.05) is 6.07 Å². The third-order valence-corrected chi connectivity index (χ3v) is 6.33. The van der Waals surface area contributed by atoms with Gasteiger partial charge in [0, 0.05) is 18.1 Å². The van der Waals surface area contributed by atoms with Crippen LogP contribution in [0.1, 0.15) is 16.1 Å². The number of hydrogen-bond donors (Lipinski definition) is 1. The summed E-state index contributed by atoms with van der Waals surface area (Å²) >= 11 is 7.20. The van der Waals surface area contributed by atoms with Gasteiger partial charge < -0.3 is 4.74 Å². The number of nitrogens with one attached hydrogen (secondary N) is 1. The monoisotopic (exact) mass is 386 g/mol. The molecule has 1 N–H and O–H groups in total. The van der Waals surface area contributed by atoms with Crippen LogP contribution in [0.15, 0.2) is 30.5 Å². The smallest absolute Gasteiger partial charge is 0.276 e. The van der Waals surface area contributed by atoms with Crippen molar-refractivity contribution in [3.05, 3.63) is 40.4 Å². The Morgan fingerprint density at radius 2 is 2.21 bits per heavy atom. The fourth-order valence-corrected chi connectivity index (χ4v) is 4.95. The number of halogens is 1. The predicted molar refractivity (Wildman–Crippen MR) is 92.7 cm³/mol. The Kier molecular flexibility index (Phi) is 5.19. The number of sulfonamides is 1. The third-order valence-electron chi connectivity index (χ3n) is 3.56. The lowest BCUT2D eigenvalue weighted by atomic mass is 10.2. The SMILES string of the molecule is O=C(NS(=O)(=O)C[C@H]1CCOC1)c1cnc(-c2ccccc2Cl)s1. The second-order valence-electron chi connectivity index (χ2n) is 5.45. The number of hydrogen-bond acceptors (Lipinski definition) is 6. The molecule has 24 heavy (non-hydrogen) atoms. The molecule has 0 bridgehead atoms. The van der Waals surface area contributed by atoms with Crippen LogP contribution in [0.5, 0.6) is 0 Å². The highest BCUT2D eigenvalue weighted by Gasteiger charge is 2.25. The van der Waals surface area contributed by atoms with E-state index in [4.69, 9.17) is 16.3 Å². The van der Waals surface area contributed by atoms with E-state index in [-0.39, 0.29) is 16.5 Å². The van der Waals surface area contributed by atoms with E-state index in [9.17, 15) is 13.2 Å². The van der Waals surface area contributed by atoms with Gasteiger partial charge in [-0.05, 0) is 12.5 Å². The molecule has 0 aliphatic carbocycles. The van der Waals surface area contributed by atoms with Gasteiger partial charge in [-0.25, -0.2) is 18.1 Å². The Morgan fingerprint density at radius 3 is 2.92 bits per heavy atom. The van der Waals surface area contributed by atoms with Crippen LogP contribution in [0.3, 0.4) is 0 Å². The molecular formula is C15H15ClN2O4S2. The second kappa shape index (κ2) is 7.18. The van der Waals surface area contributed by atoms with E-state index in [2.05, 4.69) is 9.71 Å². The summed E-state index contributed by atoms with van der Waals surface area (Å²) < 4.78 is 31.4. The minimum atomic E-state index is -3.70. The molecule has 2 aromatic rings. The Balaban J connectivity index is 1.71. The lowest BCUT2D eigenvalue weighted by Crippen LogP contribution is -2.34. The third kappa shape index (κ3) is 4.13. The first-order valence-corrected chi connectivity index (χ1v) is 10.1. The number of aromatic nitrogens is 1. The fourth-order valence-electron chi connectivity index (χ4n) is 2.40. The molecule has 6 nitrogen and oxygen atoms in total. The van der Waals surface area contributed by atoms with Crippen LogP contribution in [-0.2, 0) is 14.8 Å². The summed E-state index contributed by atoms with van der Waals surface area (Å²) in [4.78, 5) is 16.6. The summed E-state index contributed by atoms with van der Waals surface area (Å²) in [6, 6.07) is 7.13. The second-order valence-corrected chi connectivity index (χ2v) is 8.66. The van der Waals surface area contributed by atoms with Gasteiger partial charge in [-0.1, -0.05) is 29.8 Å². The molecule has 1 aliphatic rings. The summed E-state index contributed by atoms with van der Waals surface area (Å²) in [6.07, 6.45) is 2.04. The van der Waals surface area contributed by atoms with E-state index in [1.165, 1.54) is 6.20 Å². The molecule has 1 aromatic carbocycles. The summed E-state index contributed by atoms with van der Waals surface area (Å²) in [6.45, 7) is 0.969. The number of amides is 1. The molecule has 1 aliphatic heterocycles. The normalized spacial score (nSPS) is 17.8. The van der Waals surface area contributed by atoms with Crippen LogP contribution in [0.2, 0.25) is 5.02 Å². The van der Waals surface area contributed by atoms with E-state index >= 15 is 0 Å². The van der Waals surface area contributed by atoms with Gasteiger partial charge in [0.1, 0.15) is 9.88 Å². The summed E-state index contributed by atoms with van der Waals surface area (Å²) in [7, 11) is -3.70. The number of ether oxygens (including phenoxy) is 1. The van der Waals surface area contributed by atoms with Crippen LogP contribution >= 0.6 is 22.9 Å². The average Bonchev–Trinajstić information content (AvgIpc) is 3.18. The molecule has 1 amide bonds. The first kappa shape index (κ1) is 17.3. The molecule has 1 saturated heterocycles. The van der Waals surface area contributed by atoms with Crippen LogP contribution in [0.4, 0.5) is 0 Å². The van der Waals surface area contributed by atoms with E-state index in [1.54, 1.807) is 18.2 Å². The summed E-state index contributed by atoms with van der Waals surface area (Å²) in [5.74, 6) is -0.866. The van der Waals surface area contributed by atoms with Gasteiger partial charge in [-0.15, -0.1) is 11.3 Å². The van der Waals surface area contributed by atoms with Gasteiger partial charge in [-0.2, -0.15) is 0 Å². The Bertz CT molecular complexity index is 845. The zero-order chi connectivity index (χ0) is 17.2. The molecule has 0 unspecified atom stereocenters. The van der Waals surface area contributed by atoms with E-state index in [0.717, 1.165) is 11.3 Å². The average molecular weight is 387 g/mol. The molecule has 1 fully saturated rings. The van der Waals surface area contributed by atoms with E-state index in [0.29, 0.717) is 35.2 Å². The van der Waals surface area contributed by atoms with Crippen molar-refractivity contribution in [3.8, 4) is 10.6 Å². The minimum absolute atomic E-state index is 0.0737. The first-order chi connectivity index (χ1) is 11.4. The van der Waals surface area contributed by atoms with Gasteiger partial charge in [0.2, 0.25) is 10.0 Å². The number of benzene rings is 1. The highest BCUT2D eigenvalue weighted by Crippen LogP contribution is 2.30. The van der Waals surface area contributed by atoms with Crippen molar-refractivity contribution in [1.29, 1.82) is 0 Å². The van der Waals surface area contributed by atoms with Crippen molar-refractivity contribution in [2.24, 2.45) is 5.92 Å². The lowest BCUT2D eigenvalue weighted by molar-refractivity contribution is 0.0985. The van der Waals surface area contributed by atoms with Crippen LogP contribution in [0.25, 0.3) is 10.6 Å². The number of carbonyl (C=O) groups excluding carboxylic acids is 1. The molecule has 2 heterocycles. The first-order valence-electron chi connectivity index (χ1n) is 7.28. The van der Waals surface area contributed by atoms with Gasteiger partial charge in [0.25, 0.3) is 5.91 Å². The van der Waals surface area contributed by atoms with Crippen molar-refractivity contribution in [2.45, 2.75) is 6.42 Å². The van der Waals surface area contributed by atoms with E-state index < -0.39 is 15.9 Å². The quantitative estimate of drug-likeness (QED) is 0.853. The van der Waals surface area contributed by atoms with Gasteiger partial charge in [0.15, 0.2) is 0 Å². The van der Waals surface area contributed by atoms with Crippen molar-refractivity contribution in [1.82, 2.24) is 9.71 Å². The predicted octanol–water partition coefficient (Wildman–Crippen LogP) is 2.56. The maximum Gasteiger partial charge on any atom is 0.276 e. The molecular weight excluding hydrogens is 372 g/mol. The molecule has 128 valence electrons. The molecule has 0 radical (unpaired) electrons. The maximum atomic E-state index is 12.2. The van der Waals surface area contributed by atoms with Gasteiger partial charge in [-0.3, -0.25) is 4.79 Å². The van der Waals surface area contributed by atoms with Gasteiger partial charge >= 0.3 is 0 Å². The molecule has 0 saturated carbocycles. The van der Waals surface area contributed by atoms with Crippen LogP contribution in [-0.4, -0.2) is 38.3 Å². The van der Waals surface area contributed by atoms with Crippen LogP contribution in [0, 0.1) is 5.92 Å². The van der Waals surface area contributed by atoms with Crippen molar-refractivity contribution in [2.75, 3.05) is 19.0 Å². The van der Waals surface area contributed by atoms with Crippen LogP contribution < -0.4 is 4.72 Å². The highest BCUT2D eigenvalue weighted by molar-refractivity contribution is 7.90. The summed E-state index contributed by atoms with van der Waals surface area (Å²) in [5, 5.41) is 1.08. The lowest BCUT2D eigenvalue weighted by Gasteiger charge is -2.09. The highest BCUT2D eigenvalue weighted by atomic mass is 35.5. The minimum Gasteiger partial charge on any atom is -0.381 e. The van der Waals surface area contributed by atoms with Crippen molar-refractivity contribution >= 4 is 38.9 Å². The zero-order valence-corrected chi connectivity index (χ0v) is 15.0. The number of rotatable bonds is 5. The fraction of sp³-hybridized carbons (Fsp3) is 0.333.